The summed E-state index contributed by atoms with van der Waals surface area (Å²) in [5.41, 5.74) is 0. The summed E-state index contributed by atoms with van der Waals surface area (Å²) in [5.74, 6) is -0.785. The number of methoxy groups -OCH3 is 1. The number of sulfonamides is 1. The quantitative estimate of drug-likeness (QED) is 0.729. The minimum atomic E-state index is -4.12. The molecule has 1 rings (SSSR count). The van der Waals surface area contributed by atoms with E-state index in [2.05, 4.69) is 0 Å². The van der Waals surface area contributed by atoms with Gasteiger partial charge in [0.25, 0.3) is 10.0 Å². The number of halogens is 1. The molecule has 0 fully saturated rings. The summed E-state index contributed by atoms with van der Waals surface area (Å²) in [5, 5.41) is 8.34. The number of hydrogen-bond acceptors (Lipinski definition) is 4. The molecule has 2 N–H and O–H groups in total. The van der Waals surface area contributed by atoms with Crippen molar-refractivity contribution in [3.8, 4) is 5.75 Å². The molecular formula is C7H8FNO4S. The van der Waals surface area contributed by atoms with Crippen molar-refractivity contribution in [3.05, 3.63) is 24.0 Å². The summed E-state index contributed by atoms with van der Waals surface area (Å²) in [7, 11) is -2.88. The zero-order valence-electron chi connectivity index (χ0n) is 7.19. The van der Waals surface area contributed by atoms with E-state index in [1.165, 1.54) is 7.11 Å². The molecule has 0 spiro atoms. The van der Waals surface area contributed by atoms with E-state index >= 15 is 0 Å². The van der Waals surface area contributed by atoms with Gasteiger partial charge in [0, 0.05) is 0 Å². The maximum Gasteiger partial charge on any atom is 0.266 e. The zero-order valence-corrected chi connectivity index (χ0v) is 8.01. The SMILES string of the molecule is COc1ccc(F)cc1S(=O)(=O)NO. The van der Waals surface area contributed by atoms with Crippen LogP contribution in [0.4, 0.5) is 4.39 Å². The van der Waals surface area contributed by atoms with Gasteiger partial charge in [0.15, 0.2) is 0 Å². The van der Waals surface area contributed by atoms with Gasteiger partial charge in [-0.15, -0.1) is 0 Å². The summed E-state index contributed by atoms with van der Waals surface area (Å²) in [6.45, 7) is 0. The van der Waals surface area contributed by atoms with Crippen LogP contribution in [0.3, 0.4) is 0 Å². The van der Waals surface area contributed by atoms with Crippen molar-refractivity contribution in [3.63, 3.8) is 0 Å². The molecule has 0 unspecified atom stereocenters. The Bertz CT molecular complexity index is 431. The third-order valence-electron chi connectivity index (χ3n) is 1.54. The van der Waals surface area contributed by atoms with Gasteiger partial charge < -0.3 is 9.94 Å². The first-order chi connectivity index (χ1) is 6.51. The molecule has 0 saturated carbocycles. The monoisotopic (exact) mass is 221 g/mol. The summed E-state index contributed by atoms with van der Waals surface area (Å²) >= 11 is 0. The molecule has 78 valence electrons. The summed E-state index contributed by atoms with van der Waals surface area (Å²) in [4.78, 5) is 0.629. The number of hydrogen-bond donors (Lipinski definition) is 2. The Morgan fingerprint density at radius 2 is 2.14 bits per heavy atom. The smallest absolute Gasteiger partial charge is 0.266 e. The predicted octanol–water partition coefficient (Wildman–Crippen LogP) is 0.502. The Morgan fingerprint density at radius 1 is 1.50 bits per heavy atom. The minimum Gasteiger partial charge on any atom is -0.495 e. The zero-order chi connectivity index (χ0) is 10.8. The second-order valence-corrected chi connectivity index (χ2v) is 4.02. The van der Waals surface area contributed by atoms with Crippen molar-refractivity contribution in [1.82, 2.24) is 4.89 Å². The number of benzene rings is 1. The van der Waals surface area contributed by atoms with Crippen LogP contribution in [0.15, 0.2) is 23.1 Å². The number of nitrogens with one attached hydrogen (secondary N) is 1. The Labute approximate surface area is 80.1 Å². The molecule has 0 atom stereocenters. The predicted molar refractivity (Wildman–Crippen MR) is 45.1 cm³/mol. The van der Waals surface area contributed by atoms with Crippen molar-refractivity contribution in [1.29, 1.82) is 0 Å². The third kappa shape index (κ3) is 2.00. The fourth-order valence-corrected chi connectivity index (χ4v) is 1.69. The van der Waals surface area contributed by atoms with Crippen LogP contribution in [0.1, 0.15) is 0 Å². The molecule has 0 aliphatic carbocycles. The standard InChI is InChI=1S/C7H8FNO4S/c1-13-6-3-2-5(8)4-7(6)14(11,12)9-10/h2-4,9-10H,1H3. The lowest BCUT2D eigenvalue weighted by atomic mass is 10.3. The molecule has 0 radical (unpaired) electrons. The summed E-state index contributed by atoms with van der Waals surface area (Å²) in [6, 6.07) is 2.95. The highest BCUT2D eigenvalue weighted by Crippen LogP contribution is 2.23. The van der Waals surface area contributed by atoms with Gasteiger partial charge in [-0.05, 0) is 18.2 Å². The Balaban J connectivity index is 3.39. The Morgan fingerprint density at radius 3 is 2.64 bits per heavy atom. The maximum absolute atomic E-state index is 12.7. The molecule has 5 nitrogen and oxygen atoms in total. The highest BCUT2D eigenvalue weighted by atomic mass is 32.2. The van der Waals surface area contributed by atoms with Gasteiger partial charge in [-0.3, -0.25) is 0 Å². The lowest BCUT2D eigenvalue weighted by Gasteiger charge is -2.07. The lowest BCUT2D eigenvalue weighted by Crippen LogP contribution is -2.20. The van der Waals surface area contributed by atoms with Crippen LogP contribution in [-0.2, 0) is 10.0 Å². The molecule has 0 saturated heterocycles. The molecule has 0 bridgehead atoms. The van der Waals surface area contributed by atoms with Crippen molar-refractivity contribution in [2.45, 2.75) is 4.90 Å². The highest BCUT2D eigenvalue weighted by Gasteiger charge is 2.19. The molecule has 0 aliphatic rings. The fourth-order valence-electron chi connectivity index (χ4n) is 0.910. The summed E-state index contributed by atoms with van der Waals surface area (Å²) < 4.78 is 39.7. The van der Waals surface area contributed by atoms with Gasteiger partial charge in [0.2, 0.25) is 0 Å². The normalized spacial score (nSPS) is 11.4. The van der Waals surface area contributed by atoms with E-state index in [1.54, 1.807) is 0 Å². The molecule has 1 aromatic carbocycles. The van der Waals surface area contributed by atoms with E-state index in [9.17, 15) is 12.8 Å². The molecule has 0 heterocycles. The van der Waals surface area contributed by atoms with Crippen molar-refractivity contribution in [2.75, 3.05) is 7.11 Å². The highest BCUT2D eigenvalue weighted by molar-refractivity contribution is 7.89. The van der Waals surface area contributed by atoms with Crippen LogP contribution >= 0.6 is 0 Å². The van der Waals surface area contributed by atoms with Crippen molar-refractivity contribution >= 4 is 10.0 Å². The lowest BCUT2D eigenvalue weighted by molar-refractivity contribution is 0.242. The molecule has 14 heavy (non-hydrogen) atoms. The van der Waals surface area contributed by atoms with Gasteiger partial charge in [0.05, 0.1) is 7.11 Å². The fraction of sp³-hybridized carbons (Fsp3) is 0.143. The largest absolute Gasteiger partial charge is 0.495 e. The van der Waals surface area contributed by atoms with Crippen LogP contribution in [0.25, 0.3) is 0 Å². The minimum absolute atomic E-state index is 0.0482. The second-order valence-electron chi connectivity index (χ2n) is 2.39. The summed E-state index contributed by atoms with van der Waals surface area (Å²) in [6.07, 6.45) is 0. The van der Waals surface area contributed by atoms with Crippen LogP contribution in [-0.4, -0.2) is 20.7 Å². The average molecular weight is 221 g/mol. The van der Waals surface area contributed by atoms with Crippen LogP contribution in [0, 0.1) is 5.82 Å². The van der Waals surface area contributed by atoms with E-state index in [-0.39, 0.29) is 5.75 Å². The molecule has 0 amide bonds. The first kappa shape index (κ1) is 10.9. The van der Waals surface area contributed by atoms with Crippen molar-refractivity contribution in [2.24, 2.45) is 0 Å². The average Bonchev–Trinajstić information content (AvgIpc) is 2.18. The van der Waals surface area contributed by atoms with Crippen LogP contribution < -0.4 is 9.62 Å². The molecule has 7 heteroatoms. The van der Waals surface area contributed by atoms with Gasteiger partial charge >= 0.3 is 0 Å². The van der Waals surface area contributed by atoms with Gasteiger partial charge in [0.1, 0.15) is 16.5 Å². The second kappa shape index (κ2) is 3.91. The van der Waals surface area contributed by atoms with Gasteiger partial charge in [-0.2, -0.15) is 0 Å². The van der Waals surface area contributed by atoms with E-state index in [0.29, 0.717) is 0 Å². The molecule has 0 aromatic heterocycles. The van der Waals surface area contributed by atoms with Crippen LogP contribution in [0.5, 0.6) is 5.75 Å². The first-order valence-electron chi connectivity index (χ1n) is 3.50. The maximum atomic E-state index is 12.7. The molecular weight excluding hydrogens is 213 g/mol. The van der Waals surface area contributed by atoms with E-state index in [1.807, 2.05) is 0 Å². The Kier molecular flexibility index (Phi) is 3.04. The van der Waals surface area contributed by atoms with Crippen molar-refractivity contribution < 1.29 is 22.8 Å². The van der Waals surface area contributed by atoms with E-state index in [0.717, 1.165) is 23.1 Å². The topological polar surface area (TPSA) is 75.6 Å². The van der Waals surface area contributed by atoms with E-state index in [4.69, 9.17) is 9.94 Å². The number of rotatable bonds is 3. The van der Waals surface area contributed by atoms with Gasteiger partial charge in [-0.25, -0.2) is 12.8 Å². The first-order valence-corrected chi connectivity index (χ1v) is 4.99. The molecule has 1 aromatic rings. The Hall–Kier alpha value is -1.18. The number of ether oxygens (including phenoxy) is 1. The third-order valence-corrected chi connectivity index (χ3v) is 2.67. The molecule has 0 aliphatic heterocycles. The van der Waals surface area contributed by atoms with Crippen LogP contribution in [0.2, 0.25) is 0 Å². The van der Waals surface area contributed by atoms with Gasteiger partial charge in [-0.1, -0.05) is 4.89 Å². The van der Waals surface area contributed by atoms with E-state index < -0.39 is 20.7 Å².